The van der Waals surface area contributed by atoms with E-state index in [4.69, 9.17) is 9.52 Å². The first-order valence-corrected chi connectivity index (χ1v) is 7.03. The lowest BCUT2D eigenvalue weighted by molar-refractivity contribution is -0.139. The molecule has 0 spiro atoms. The number of benzene rings is 1. The number of carbonyl (C=O) groups is 1. The molecule has 0 saturated carbocycles. The van der Waals surface area contributed by atoms with Crippen LogP contribution in [0.5, 0.6) is 0 Å². The zero-order valence-corrected chi connectivity index (χ0v) is 12.2. The largest absolute Gasteiger partial charge is 0.480 e. The maximum absolute atomic E-state index is 11.8. The Balaban J connectivity index is 2.03. The van der Waals surface area contributed by atoms with Gasteiger partial charge in [0.2, 0.25) is 0 Å². The van der Waals surface area contributed by atoms with Gasteiger partial charge in [0.25, 0.3) is 0 Å². The predicted molar refractivity (Wildman–Crippen MR) is 79.4 cm³/mol. The predicted octanol–water partition coefficient (Wildman–Crippen LogP) is 1.68. The van der Waals surface area contributed by atoms with Crippen molar-refractivity contribution in [3.8, 4) is 0 Å². The van der Waals surface area contributed by atoms with Crippen molar-refractivity contribution in [1.82, 2.24) is 9.88 Å². The van der Waals surface area contributed by atoms with Crippen molar-refractivity contribution < 1.29 is 14.3 Å². The van der Waals surface area contributed by atoms with Crippen molar-refractivity contribution in [2.45, 2.75) is 32.9 Å². The third kappa shape index (κ3) is 3.72. The van der Waals surface area contributed by atoms with E-state index >= 15 is 0 Å². The molecular formula is C15H20N2O4. The molecule has 114 valence electrons. The average Bonchev–Trinajstić information content (AvgIpc) is 2.73. The number of hydrogen-bond acceptors (Lipinski definition) is 4. The molecule has 0 bridgehead atoms. The molecular weight excluding hydrogens is 272 g/mol. The first-order chi connectivity index (χ1) is 9.99. The van der Waals surface area contributed by atoms with Crippen LogP contribution in [0.4, 0.5) is 0 Å². The van der Waals surface area contributed by atoms with E-state index in [0.29, 0.717) is 25.1 Å². The fourth-order valence-electron chi connectivity index (χ4n) is 2.32. The summed E-state index contributed by atoms with van der Waals surface area (Å²) in [6, 6.07) is 6.58. The molecule has 2 aromatic rings. The molecule has 21 heavy (non-hydrogen) atoms. The van der Waals surface area contributed by atoms with Crippen LogP contribution in [0.1, 0.15) is 20.3 Å². The summed E-state index contributed by atoms with van der Waals surface area (Å²) >= 11 is 0. The molecule has 0 fully saturated rings. The molecule has 2 rings (SSSR count). The van der Waals surface area contributed by atoms with Gasteiger partial charge in [-0.15, -0.1) is 0 Å². The Bertz CT molecular complexity index is 672. The third-order valence-electron chi connectivity index (χ3n) is 3.31. The Morgan fingerprint density at radius 2 is 2.10 bits per heavy atom. The van der Waals surface area contributed by atoms with E-state index in [9.17, 15) is 9.59 Å². The molecule has 2 N–H and O–H groups in total. The molecule has 0 radical (unpaired) electrons. The topological polar surface area (TPSA) is 84.5 Å². The minimum Gasteiger partial charge on any atom is -0.480 e. The number of carboxylic acid groups (broad SMARTS) is 1. The summed E-state index contributed by atoms with van der Waals surface area (Å²) in [5.41, 5.74) is 1.26. The highest BCUT2D eigenvalue weighted by atomic mass is 16.4. The number of hydrogen-bond donors (Lipinski definition) is 2. The standard InChI is InChI=1S/C15H20N2O4/c1-10(2)9-11(14(18)19)16-7-8-17-12-5-3-4-6-13(12)21-15(17)20/h3-6,10-11,16H,7-9H2,1-2H3,(H,18,19). The van der Waals surface area contributed by atoms with E-state index in [1.165, 1.54) is 4.57 Å². The van der Waals surface area contributed by atoms with Gasteiger partial charge < -0.3 is 14.8 Å². The number of aromatic nitrogens is 1. The summed E-state index contributed by atoms with van der Waals surface area (Å²) in [5, 5.41) is 12.1. The molecule has 1 heterocycles. The van der Waals surface area contributed by atoms with Gasteiger partial charge in [-0.05, 0) is 24.5 Å². The van der Waals surface area contributed by atoms with Crippen molar-refractivity contribution in [3.05, 3.63) is 34.8 Å². The van der Waals surface area contributed by atoms with Gasteiger partial charge in [-0.3, -0.25) is 9.36 Å². The summed E-state index contributed by atoms with van der Waals surface area (Å²) < 4.78 is 6.64. The number of aliphatic carboxylic acids is 1. The number of nitrogens with zero attached hydrogens (tertiary/aromatic N) is 1. The van der Waals surface area contributed by atoms with Crippen molar-refractivity contribution >= 4 is 17.1 Å². The zero-order valence-electron chi connectivity index (χ0n) is 12.2. The minimum absolute atomic E-state index is 0.288. The van der Waals surface area contributed by atoms with Gasteiger partial charge in [0, 0.05) is 13.1 Å². The second-order valence-electron chi connectivity index (χ2n) is 5.46. The van der Waals surface area contributed by atoms with Crippen LogP contribution in [0.15, 0.2) is 33.5 Å². The molecule has 6 nitrogen and oxygen atoms in total. The smallest absolute Gasteiger partial charge is 0.419 e. The van der Waals surface area contributed by atoms with Crippen LogP contribution in [0.25, 0.3) is 11.1 Å². The molecule has 0 aliphatic rings. The number of oxazole rings is 1. The Kier molecular flexibility index (Phi) is 4.80. The van der Waals surface area contributed by atoms with Gasteiger partial charge >= 0.3 is 11.7 Å². The van der Waals surface area contributed by atoms with Gasteiger partial charge in [0.15, 0.2) is 5.58 Å². The molecule has 0 aliphatic carbocycles. The number of fused-ring (bicyclic) bond motifs is 1. The van der Waals surface area contributed by atoms with Gasteiger partial charge in [0.05, 0.1) is 5.52 Å². The number of carboxylic acids is 1. The van der Waals surface area contributed by atoms with Crippen LogP contribution in [0, 0.1) is 5.92 Å². The van der Waals surface area contributed by atoms with Crippen LogP contribution in [0.2, 0.25) is 0 Å². The third-order valence-corrected chi connectivity index (χ3v) is 3.31. The molecule has 1 aromatic heterocycles. The van der Waals surface area contributed by atoms with Crippen LogP contribution in [-0.4, -0.2) is 28.2 Å². The summed E-state index contributed by atoms with van der Waals surface area (Å²) in [5.74, 6) is -1.00. The fourth-order valence-corrected chi connectivity index (χ4v) is 2.32. The highest BCUT2D eigenvalue weighted by Crippen LogP contribution is 2.11. The monoisotopic (exact) mass is 292 g/mol. The molecule has 1 unspecified atom stereocenters. The molecule has 0 saturated heterocycles. The Hall–Kier alpha value is -2.08. The summed E-state index contributed by atoms with van der Waals surface area (Å²) in [6.07, 6.45) is 0.552. The summed E-state index contributed by atoms with van der Waals surface area (Å²) in [7, 11) is 0. The average molecular weight is 292 g/mol. The maximum Gasteiger partial charge on any atom is 0.419 e. The lowest BCUT2D eigenvalue weighted by atomic mass is 10.0. The first-order valence-electron chi connectivity index (χ1n) is 7.03. The van der Waals surface area contributed by atoms with Crippen LogP contribution >= 0.6 is 0 Å². The fraction of sp³-hybridized carbons (Fsp3) is 0.467. The van der Waals surface area contributed by atoms with Crippen molar-refractivity contribution in [2.24, 2.45) is 5.92 Å². The highest BCUT2D eigenvalue weighted by molar-refractivity contribution is 5.73. The molecule has 1 atom stereocenters. The van der Waals surface area contributed by atoms with Gasteiger partial charge in [0.1, 0.15) is 6.04 Å². The SMILES string of the molecule is CC(C)CC(NCCn1c(=O)oc2ccccc21)C(=O)O. The van der Waals surface area contributed by atoms with Crippen molar-refractivity contribution in [3.63, 3.8) is 0 Å². The van der Waals surface area contributed by atoms with E-state index in [2.05, 4.69) is 5.32 Å². The van der Waals surface area contributed by atoms with Crippen molar-refractivity contribution in [2.75, 3.05) is 6.54 Å². The summed E-state index contributed by atoms with van der Waals surface area (Å²) in [6.45, 7) is 4.72. The van der Waals surface area contributed by atoms with E-state index in [1.807, 2.05) is 26.0 Å². The van der Waals surface area contributed by atoms with E-state index in [-0.39, 0.29) is 5.92 Å². The van der Waals surface area contributed by atoms with E-state index in [0.717, 1.165) is 5.52 Å². The lowest BCUT2D eigenvalue weighted by Gasteiger charge is -2.16. The number of rotatable bonds is 7. The van der Waals surface area contributed by atoms with Gasteiger partial charge in [-0.1, -0.05) is 26.0 Å². The summed E-state index contributed by atoms with van der Waals surface area (Å²) in [4.78, 5) is 22.9. The number of para-hydroxylation sites is 2. The Morgan fingerprint density at radius 3 is 2.76 bits per heavy atom. The van der Waals surface area contributed by atoms with Crippen LogP contribution in [0.3, 0.4) is 0 Å². The van der Waals surface area contributed by atoms with Gasteiger partial charge in [-0.25, -0.2) is 4.79 Å². The number of nitrogens with one attached hydrogen (secondary N) is 1. The quantitative estimate of drug-likeness (QED) is 0.811. The second-order valence-corrected chi connectivity index (χ2v) is 5.46. The first kappa shape index (κ1) is 15.3. The van der Waals surface area contributed by atoms with E-state index in [1.54, 1.807) is 12.1 Å². The molecule has 6 heteroatoms. The van der Waals surface area contributed by atoms with Gasteiger partial charge in [-0.2, -0.15) is 0 Å². The van der Waals surface area contributed by atoms with Crippen molar-refractivity contribution in [1.29, 1.82) is 0 Å². The normalized spacial score (nSPS) is 12.9. The van der Waals surface area contributed by atoms with Crippen LogP contribution in [-0.2, 0) is 11.3 Å². The Morgan fingerprint density at radius 1 is 1.38 bits per heavy atom. The second kappa shape index (κ2) is 6.58. The van der Waals surface area contributed by atoms with E-state index < -0.39 is 17.8 Å². The highest BCUT2D eigenvalue weighted by Gasteiger charge is 2.18. The molecule has 1 aromatic carbocycles. The zero-order chi connectivity index (χ0) is 15.4. The maximum atomic E-state index is 11.8. The molecule has 0 aliphatic heterocycles. The molecule has 0 amide bonds. The lowest BCUT2D eigenvalue weighted by Crippen LogP contribution is -2.40. The Labute approximate surface area is 122 Å². The minimum atomic E-state index is -0.868. The van der Waals surface area contributed by atoms with Crippen LogP contribution < -0.4 is 11.1 Å².